The number of hydrogen-bond donors (Lipinski definition) is 1. The van der Waals surface area contributed by atoms with E-state index in [9.17, 15) is 4.79 Å². The highest BCUT2D eigenvalue weighted by Gasteiger charge is 2.26. The predicted octanol–water partition coefficient (Wildman–Crippen LogP) is 3.83. The molecule has 0 atom stereocenters. The van der Waals surface area contributed by atoms with Crippen LogP contribution in [0.4, 0.5) is 0 Å². The minimum atomic E-state index is 0.00878. The Morgan fingerprint density at radius 3 is 2.83 bits per heavy atom. The molecule has 4 nitrogen and oxygen atoms in total. The van der Waals surface area contributed by atoms with Gasteiger partial charge in [-0.2, -0.15) is 0 Å². The summed E-state index contributed by atoms with van der Waals surface area (Å²) < 4.78 is 7.21. The van der Waals surface area contributed by atoms with Crippen molar-refractivity contribution in [1.29, 1.82) is 0 Å². The summed E-state index contributed by atoms with van der Waals surface area (Å²) in [4.78, 5) is 14.8. The molecule has 0 saturated carbocycles. The molecule has 1 aromatic carbocycles. The third-order valence-electron chi connectivity index (χ3n) is 4.15. The lowest BCUT2D eigenvalue weighted by atomic mass is 10.1. The van der Waals surface area contributed by atoms with Crippen molar-refractivity contribution >= 4 is 40.0 Å². The smallest absolute Gasteiger partial charge is 0.290 e. The number of carbonyl (C=O) groups excluding carboxylic acids is 1. The molecule has 6 heteroatoms. The van der Waals surface area contributed by atoms with Crippen molar-refractivity contribution in [1.82, 2.24) is 10.2 Å². The first-order valence-corrected chi connectivity index (χ1v) is 9.86. The number of piperazine rings is 1. The van der Waals surface area contributed by atoms with Crippen molar-refractivity contribution < 1.29 is 9.21 Å². The summed E-state index contributed by atoms with van der Waals surface area (Å²) in [6.45, 7) is 3.14. The molecule has 1 N–H and O–H groups in total. The maximum Gasteiger partial charge on any atom is 0.290 e. The van der Waals surface area contributed by atoms with Crippen LogP contribution in [0.25, 0.3) is 11.0 Å². The quantitative estimate of drug-likeness (QED) is 0.720. The molecule has 24 heavy (non-hydrogen) atoms. The van der Waals surface area contributed by atoms with E-state index in [-0.39, 0.29) is 5.91 Å². The van der Waals surface area contributed by atoms with Gasteiger partial charge in [0, 0.05) is 42.9 Å². The zero-order valence-corrected chi connectivity index (χ0v) is 14.8. The van der Waals surface area contributed by atoms with E-state index < -0.39 is 0 Å². The van der Waals surface area contributed by atoms with Gasteiger partial charge in [-0.25, -0.2) is 0 Å². The fourth-order valence-electron chi connectivity index (χ4n) is 2.92. The first kappa shape index (κ1) is 15.7. The molecule has 2 aromatic heterocycles. The van der Waals surface area contributed by atoms with E-state index in [0.717, 1.165) is 48.5 Å². The summed E-state index contributed by atoms with van der Waals surface area (Å²) in [6, 6.07) is 12.1. The topological polar surface area (TPSA) is 45.5 Å². The Kier molecular flexibility index (Phi) is 4.60. The van der Waals surface area contributed by atoms with Crippen LogP contribution >= 0.6 is 23.1 Å². The fourth-order valence-corrected chi connectivity index (χ4v) is 4.73. The van der Waals surface area contributed by atoms with Crippen molar-refractivity contribution in [2.45, 2.75) is 9.96 Å². The minimum Gasteiger partial charge on any atom is -0.451 e. The summed E-state index contributed by atoms with van der Waals surface area (Å²) in [5, 5.41) is 6.39. The molecule has 0 aliphatic carbocycles. The van der Waals surface area contributed by atoms with Gasteiger partial charge in [-0.05, 0) is 17.5 Å². The number of rotatable bonds is 4. The molecule has 4 rings (SSSR count). The molecule has 0 spiro atoms. The summed E-state index contributed by atoms with van der Waals surface area (Å²) >= 11 is 3.47. The van der Waals surface area contributed by atoms with Crippen LogP contribution in [0.2, 0.25) is 0 Å². The lowest BCUT2D eigenvalue weighted by Gasteiger charge is -2.26. The molecule has 1 amide bonds. The molecule has 0 bridgehead atoms. The third kappa shape index (κ3) is 3.09. The molecule has 1 fully saturated rings. The SMILES string of the molecule is O=C(c1oc2ccccc2c1CSc1cccs1)N1CCNCC1. The molecule has 124 valence electrons. The maximum atomic E-state index is 12.9. The van der Waals surface area contributed by atoms with Gasteiger partial charge >= 0.3 is 0 Å². The molecule has 3 aromatic rings. The second kappa shape index (κ2) is 7.01. The standard InChI is InChI=1S/C18H18N2O2S2/c21-18(20-9-7-19-8-10-20)17-14(12-24-16-6-3-11-23-16)13-4-1-2-5-15(13)22-17/h1-6,11,19H,7-10,12H2. The Balaban J connectivity index is 1.67. The summed E-state index contributed by atoms with van der Waals surface area (Å²) in [7, 11) is 0. The zero-order chi connectivity index (χ0) is 16.4. The van der Waals surface area contributed by atoms with Gasteiger partial charge < -0.3 is 14.6 Å². The lowest BCUT2D eigenvalue weighted by molar-refractivity contribution is 0.0705. The van der Waals surface area contributed by atoms with E-state index in [4.69, 9.17) is 4.42 Å². The number of nitrogens with zero attached hydrogens (tertiary/aromatic N) is 1. The molecule has 3 heterocycles. The molecule has 0 unspecified atom stereocenters. The summed E-state index contributed by atoms with van der Waals surface area (Å²) in [6.07, 6.45) is 0. The van der Waals surface area contributed by atoms with Crippen LogP contribution in [0, 0.1) is 0 Å². The van der Waals surface area contributed by atoms with Crippen LogP contribution in [-0.4, -0.2) is 37.0 Å². The summed E-state index contributed by atoms with van der Waals surface area (Å²) in [5.74, 6) is 1.25. The van der Waals surface area contributed by atoms with Crippen LogP contribution in [0.15, 0.2) is 50.4 Å². The number of thiophene rings is 1. The lowest BCUT2D eigenvalue weighted by Crippen LogP contribution is -2.46. The highest BCUT2D eigenvalue weighted by Crippen LogP contribution is 2.34. The number of thioether (sulfide) groups is 1. The van der Waals surface area contributed by atoms with Crippen molar-refractivity contribution in [2.24, 2.45) is 0 Å². The monoisotopic (exact) mass is 358 g/mol. The van der Waals surface area contributed by atoms with Gasteiger partial charge in [0.1, 0.15) is 5.58 Å². The number of carbonyl (C=O) groups is 1. The van der Waals surface area contributed by atoms with Crippen molar-refractivity contribution in [3.05, 3.63) is 53.1 Å². The highest BCUT2D eigenvalue weighted by atomic mass is 32.2. The van der Waals surface area contributed by atoms with Gasteiger partial charge in [0.25, 0.3) is 5.91 Å². The number of amides is 1. The molecular formula is C18H18N2O2S2. The number of furan rings is 1. The van der Waals surface area contributed by atoms with Crippen LogP contribution in [0.5, 0.6) is 0 Å². The van der Waals surface area contributed by atoms with E-state index in [1.807, 2.05) is 35.2 Å². The first-order chi connectivity index (χ1) is 11.8. The van der Waals surface area contributed by atoms with Crippen LogP contribution in [-0.2, 0) is 5.75 Å². The molecule has 1 saturated heterocycles. The van der Waals surface area contributed by atoms with Gasteiger partial charge in [-0.15, -0.1) is 23.1 Å². The predicted molar refractivity (Wildman–Crippen MR) is 98.9 cm³/mol. The van der Waals surface area contributed by atoms with E-state index in [1.54, 1.807) is 23.1 Å². The second-order valence-electron chi connectivity index (χ2n) is 5.67. The number of benzene rings is 1. The Morgan fingerprint density at radius 2 is 2.04 bits per heavy atom. The number of para-hydroxylation sites is 1. The van der Waals surface area contributed by atoms with Gasteiger partial charge in [0.15, 0.2) is 5.76 Å². The summed E-state index contributed by atoms with van der Waals surface area (Å²) in [5.41, 5.74) is 1.80. The average Bonchev–Trinajstić information content (AvgIpc) is 3.27. The zero-order valence-electron chi connectivity index (χ0n) is 13.2. The van der Waals surface area contributed by atoms with E-state index >= 15 is 0 Å². The van der Waals surface area contributed by atoms with E-state index in [2.05, 4.69) is 16.8 Å². The molecule has 1 aliphatic rings. The van der Waals surface area contributed by atoms with Crippen LogP contribution in [0.1, 0.15) is 16.1 Å². The first-order valence-electron chi connectivity index (χ1n) is 7.99. The molecule has 1 aliphatic heterocycles. The Hall–Kier alpha value is -1.76. The van der Waals surface area contributed by atoms with Crippen LogP contribution < -0.4 is 5.32 Å². The Morgan fingerprint density at radius 1 is 1.21 bits per heavy atom. The Labute approximate surface area is 148 Å². The van der Waals surface area contributed by atoms with Crippen molar-refractivity contribution in [3.63, 3.8) is 0 Å². The van der Waals surface area contributed by atoms with Gasteiger partial charge in [0.2, 0.25) is 0 Å². The normalized spacial score (nSPS) is 15.1. The third-order valence-corrected chi connectivity index (χ3v) is 6.31. The Bertz CT molecular complexity index is 836. The fraction of sp³-hybridized carbons (Fsp3) is 0.278. The van der Waals surface area contributed by atoms with Gasteiger partial charge in [-0.1, -0.05) is 24.3 Å². The largest absolute Gasteiger partial charge is 0.451 e. The number of nitrogens with one attached hydrogen (secondary N) is 1. The van der Waals surface area contributed by atoms with Gasteiger partial charge in [0.05, 0.1) is 4.21 Å². The second-order valence-corrected chi connectivity index (χ2v) is 7.89. The molecule has 0 radical (unpaired) electrons. The van der Waals surface area contributed by atoms with E-state index in [1.165, 1.54) is 4.21 Å². The highest BCUT2D eigenvalue weighted by molar-refractivity contribution is 8.00. The van der Waals surface area contributed by atoms with Crippen molar-refractivity contribution in [3.8, 4) is 0 Å². The number of fused-ring (bicyclic) bond motifs is 1. The number of hydrogen-bond acceptors (Lipinski definition) is 5. The van der Waals surface area contributed by atoms with Crippen molar-refractivity contribution in [2.75, 3.05) is 26.2 Å². The minimum absolute atomic E-state index is 0.00878. The molecular weight excluding hydrogens is 340 g/mol. The maximum absolute atomic E-state index is 12.9. The van der Waals surface area contributed by atoms with Crippen LogP contribution in [0.3, 0.4) is 0 Å². The average molecular weight is 358 g/mol. The van der Waals surface area contributed by atoms with Gasteiger partial charge in [-0.3, -0.25) is 4.79 Å². The van der Waals surface area contributed by atoms with E-state index in [0.29, 0.717) is 5.76 Å².